The maximum Gasteiger partial charge on any atom is 0.250 e. The molecule has 2 unspecified atom stereocenters. The van der Waals surface area contributed by atoms with E-state index in [2.05, 4.69) is 29.7 Å². The van der Waals surface area contributed by atoms with Gasteiger partial charge in [0.1, 0.15) is 6.10 Å². The number of hydrogen-bond donors (Lipinski definition) is 2. The number of aryl methyl sites for hydroxylation is 1. The minimum atomic E-state index is -0.354. The number of amides is 1. The zero-order chi connectivity index (χ0) is 12.3. The maximum absolute atomic E-state index is 11.9. The number of carbonyl (C=O) groups is 1. The molecule has 1 saturated heterocycles. The van der Waals surface area contributed by atoms with Crippen molar-refractivity contribution in [2.45, 2.75) is 26.0 Å². The van der Waals surface area contributed by atoms with Gasteiger partial charge in [0, 0.05) is 22.8 Å². The summed E-state index contributed by atoms with van der Waals surface area (Å²) in [6.07, 6.45) is -0.354. The Hall–Kier alpha value is -0.910. The Morgan fingerprint density at radius 1 is 1.65 bits per heavy atom. The molecule has 0 aromatic carbocycles. The predicted molar refractivity (Wildman–Crippen MR) is 68.2 cm³/mol. The number of rotatable bonds is 3. The Balaban J connectivity index is 1.89. The number of carbonyl (C=O) groups excluding carboxylic acids is 1. The molecule has 0 bridgehead atoms. The summed E-state index contributed by atoms with van der Waals surface area (Å²) in [6.45, 7) is 6.09. The molecule has 1 aliphatic heterocycles. The fraction of sp³-hybridized carbons (Fsp3) is 0.583. The van der Waals surface area contributed by atoms with Gasteiger partial charge in [0.05, 0.1) is 12.6 Å². The molecule has 0 spiro atoms. The van der Waals surface area contributed by atoms with Crippen molar-refractivity contribution in [2.75, 3.05) is 19.7 Å². The number of thiophene rings is 1. The van der Waals surface area contributed by atoms with Gasteiger partial charge in [0.25, 0.3) is 5.91 Å². The Morgan fingerprint density at radius 2 is 2.47 bits per heavy atom. The summed E-state index contributed by atoms with van der Waals surface area (Å²) in [5, 5.41) is 6.14. The lowest BCUT2D eigenvalue weighted by atomic mass is 10.2. The van der Waals surface area contributed by atoms with E-state index in [1.165, 1.54) is 9.75 Å². The number of hydrogen-bond acceptors (Lipinski definition) is 4. The van der Waals surface area contributed by atoms with Gasteiger partial charge in [-0.15, -0.1) is 11.3 Å². The monoisotopic (exact) mass is 254 g/mol. The molecule has 1 aromatic heterocycles. The minimum Gasteiger partial charge on any atom is -0.366 e. The SMILES string of the molecule is Cc1ccc(C(C)NC(=O)C2CNCCO2)s1. The maximum atomic E-state index is 11.9. The molecule has 1 aromatic rings. The van der Waals surface area contributed by atoms with Crippen molar-refractivity contribution in [1.82, 2.24) is 10.6 Å². The van der Waals surface area contributed by atoms with E-state index in [1.54, 1.807) is 11.3 Å². The zero-order valence-electron chi connectivity index (χ0n) is 10.2. The Bertz CT molecular complexity index is 386. The second-order valence-corrected chi connectivity index (χ2v) is 5.56. The summed E-state index contributed by atoms with van der Waals surface area (Å²) < 4.78 is 5.41. The smallest absolute Gasteiger partial charge is 0.250 e. The third-order valence-corrected chi connectivity index (χ3v) is 3.95. The van der Waals surface area contributed by atoms with Crippen molar-refractivity contribution >= 4 is 17.2 Å². The van der Waals surface area contributed by atoms with Crippen LogP contribution in [0, 0.1) is 6.92 Å². The third-order valence-electron chi connectivity index (χ3n) is 2.77. The Kier molecular flexibility index (Phi) is 4.15. The fourth-order valence-electron chi connectivity index (χ4n) is 1.80. The predicted octanol–water partition coefficient (Wildman–Crippen LogP) is 1.22. The lowest BCUT2D eigenvalue weighted by molar-refractivity contribution is -0.134. The highest BCUT2D eigenvalue weighted by molar-refractivity contribution is 7.12. The molecule has 2 N–H and O–H groups in total. The molecule has 2 atom stereocenters. The first-order chi connectivity index (χ1) is 8.16. The van der Waals surface area contributed by atoms with Crippen molar-refractivity contribution in [3.63, 3.8) is 0 Å². The molecule has 0 radical (unpaired) electrons. The number of morpholine rings is 1. The molecule has 1 amide bonds. The largest absolute Gasteiger partial charge is 0.366 e. The Labute approximate surface area is 105 Å². The summed E-state index contributed by atoms with van der Waals surface area (Å²) in [6, 6.07) is 4.18. The minimum absolute atomic E-state index is 0.0317. The van der Waals surface area contributed by atoms with Crippen LogP contribution in [0.1, 0.15) is 22.7 Å². The van der Waals surface area contributed by atoms with E-state index in [1.807, 2.05) is 6.92 Å². The first-order valence-corrected chi connectivity index (χ1v) is 6.67. The van der Waals surface area contributed by atoms with Gasteiger partial charge in [-0.25, -0.2) is 0 Å². The summed E-state index contributed by atoms with van der Waals surface area (Å²) in [5.41, 5.74) is 0. The molecule has 2 rings (SSSR count). The van der Waals surface area contributed by atoms with Crippen LogP contribution in [0.25, 0.3) is 0 Å². The van der Waals surface area contributed by atoms with E-state index < -0.39 is 0 Å². The quantitative estimate of drug-likeness (QED) is 0.853. The van der Waals surface area contributed by atoms with Crippen molar-refractivity contribution in [2.24, 2.45) is 0 Å². The first-order valence-electron chi connectivity index (χ1n) is 5.86. The third kappa shape index (κ3) is 3.28. The second kappa shape index (κ2) is 5.62. The van der Waals surface area contributed by atoms with E-state index in [0.29, 0.717) is 13.2 Å². The van der Waals surface area contributed by atoms with E-state index in [4.69, 9.17) is 4.74 Å². The normalized spacial score (nSPS) is 22.1. The van der Waals surface area contributed by atoms with Crippen LogP contribution in [-0.4, -0.2) is 31.7 Å². The lowest BCUT2D eigenvalue weighted by Crippen LogP contribution is -2.48. The summed E-state index contributed by atoms with van der Waals surface area (Å²) >= 11 is 1.71. The lowest BCUT2D eigenvalue weighted by Gasteiger charge is -2.24. The molecule has 1 fully saturated rings. The average molecular weight is 254 g/mol. The standard InChI is InChI=1S/C12H18N2O2S/c1-8-3-4-11(17-8)9(2)14-12(15)10-7-13-5-6-16-10/h3-4,9-10,13H,5-7H2,1-2H3,(H,14,15). The molecule has 1 aliphatic rings. The highest BCUT2D eigenvalue weighted by Gasteiger charge is 2.23. The van der Waals surface area contributed by atoms with Crippen molar-refractivity contribution in [3.8, 4) is 0 Å². The van der Waals surface area contributed by atoms with Gasteiger partial charge in [-0.1, -0.05) is 0 Å². The van der Waals surface area contributed by atoms with E-state index in [9.17, 15) is 4.79 Å². The second-order valence-electron chi connectivity index (χ2n) is 4.24. The topological polar surface area (TPSA) is 50.4 Å². The van der Waals surface area contributed by atoms with Crippen molar-refractivity contribution < 1.29 is 9.53 Å². The fourth-order valence-corrected chi connectivity index (χ4v) is 2.68. The van der Waals surface area contributed by atoms with Crippen molar-refractivity contribution in [3.05, 3.63) is 21.9 Å². The van der Waals surface area contributed by atoms with Gasteiger partial charge in [-0.05, 0) is 26.0 Å². The summed E-state index contributed by atoms with van der Waals surface area (Å²) in [7, 11) is 0. The van der Waals surface area contributed by atoms with Crippen molar-refractivity contribution in [1.29, 1.82) is 0 Å². The van der Waals surface area contributed by atoms with Gasteiger partial charge in [0.2, 0.25) is 0 Å². The highest BCUT2D eigenvalue weighted by Crippen LogP contribution is 2.22. The molecule has 0 aliphatic carbocycles. The van der Waals surface area contributed by atoms with Gasteiger partial charge < -0.3 is 15.4 Å². The van der Waals surface area contributed by atoms with Crippen LogP contribution in [-0.2, 0) is 9.53 Å². The van der Waals surface area contributed by atoms with Crippen LogP contribution < -0.4 is 10.6 Å². The van der Waals surface area contributed by atoms with E-state index in [0.717, 1.165) is 6.54 Å². The first kappa shape index (κ1) is 12.5. The molecule has 5 heteroatoms. The van der Waals surface area contributed by atoms with Crippen LogP contribution in [0.2, 0.25) is 0 Å². The molecule has 2 heterocycles. The summed E-state index contributed by atoms with van der Waals surface area (Å²) in [4.78, 5) is 14.4. The van der Waals surface area contributed by atoms with Gasteiger partial charge >= 0.3 is 0 Å². The van der Waals surface area contributed by atoms with Crippen LogP contribution in [0.5, 0.6) is 0 Å². The molecule has 0 saturated carbocycles. The number of ether oxygens (including phenoxy) is 1. The van der Waals surface area contributed by atoms with Gasteiger partial charge in [0.15, 0.2) is 0 Å². The molecule has 17 heavy (non-hydrogen) atoms. The molecular weight excluding hydrogens is 236 g/mol. The van der Waals surface area contributed by atoms with Crippen LogP contribution >= 0.6 is 11.3 Å². The van der Waals surface area contributed by atoms with E-state index in [-0.39, 0.29) is 18.1 Å². The van der Waals surface area contributed by atoms with E-state index >= 15 is 0 Å². The summed E-state index contributed by atoms with van der Waals surface area (Å²) in [5.74, 6) is -0.0317. The van der Waals surface area contributed by atoms with Crippen LogP contribution in [0.3, 0.4) is 0 Å². The molecular formula is C12H18N2O2S. The van der Waals surface area contributed by atoms with Gasteiger partial charge in [-0.3, -0.25) is 4.79 Å². The van der Waals surface area contributed by atoms with Crippen LogP contribution in [0.15, 0.2) is 12.1 Å². The van der Waals surface area contributed by atoms with Gasteiger partial charge in [-0.2, -0.15) is 0 Å². The highest BCUT2D eigenvalue weighted by atomic mass is 32.1. The number of nitrogens with one attached hydrogen (secondary N) is 2. The molecule has 94 valence electrons. The van der Waals surface area contributed by atoms with Crippen LogP contribution in [0.4, 0.5) is 0 Å². The zero-order valence-corrected chi connectivity index (χ0v) is 11.0. The Morgan fingerprint density at radius 3 is 3.06 bits per heavy atom. The average Bonchev–Trinajstić information content (AvgIpc) is 2.77. The molecule has 4 nitrogen and oxygen atoms in total.